The van der Waals surface area contributed by atoms with Crippen molar-refractivity contribution in [2.45, 2.75) is 39.0 Å². The molecule has 0 saturated heterocycles. The Labute approximate surface area is 74.0 Å². The summed E-state index contributed by atoms with van der Waals surface area (Å²) in [6.07, 6.45) is 8.99. The van der Waals surface area contributed by atoms with Gasteiger partial charge in [0.1, 0.15) is 0 Å². The second kappa shape index (κ2) is 6.72. The Balaban J connectivity index is 3.65. The van der Waals surface area contributed by atoms with E-state index in [1.54, 1.807) is 0 Å². The van der Waals surface area contributed by atoms with Crippen molar-refractivity contribution in [2.24, 2.45) is 5.92 Å². The van der Waals surface area contributed by atoms with Gasteiger partial charge in [0.25, 0.3) is 0 Å². The van der Waals surface area contributed by atoms with Gasteiger partial charge in [-0.1, -0.05) is 13.3 Å². The molecule has 1 unspecified atom stereocenters. The van der Waals surface area contributed by atoms with Crippen LogP contribution < -0.4 is 0 Å². The molecule has 68 valence electrons. The van der Waals surface area contributed by atoms with Crippen molar-refractivity contribution in [3.63, 3.8) is 0 Å². The lowest BCUT2D eigenvalue weighted by Crippen LogP contribution is -2.13. The first-order valence-electron chi connectivity index (χ1n) is 4.38. The average Bonchev–Trinajstić information content (AvgIpc) is 2.03. The van der Waals surface area contributed by atoms with Crippen molar-refractivity contribution in [1.29, 1.82) is 0 Å². The highest BCUT2D eigenvalue weighted by Gasteiger charge is 2.14. The molecular formula is C10H16O2. The van der Waals surface area contributed by atoms with Gasteiger partial charge in [-0.15, -0.1) is 12.3 Å². The van der Waals surface area contributed by atoms with Crippen LogP contribution in [0.2, 0.25) is 0 Å². The largest absolute Gasteiger partial charge is 0.481 e. The summed E-state index contributed by atoms with van der Waals surface area (Å²) < 4.78 is 0. The zero-order valence-electron chi connectivity index (χ0n) is 7.55. The van der Waals surface area contributed by atoms with Crippen LogP contribution in [0, 0.1) is 18.3 Å². The minimum Gasteiger partial charge on any atom is -0.481 e. The zero-order valence-corrected chi connectivity index (χ0v) is 7.55. The quantitative estimate of drug-likeness (QED) is 0.488. The van der Waals surface area contributed by atoms with Crippen LogP contribution in [0.3, 0.4) is 0 Å². The van der Waals surface area contributed by atoms with Gasteiger partial charge in [-0.3, -0.25) is 4.79 Å². The molecule has 0 aliphatic rings. The highest BCUT2D eigenvalue weighted by atomic mass is 16.4. The summed E-state index contributed by atoms with van der Waals surface area (Å²) in [6.45, 7) is 2.00. The van der Waals surface area contributed by atoms with Gasteiger partial charge < -0.3 is 5.11 Å². The maximum absolute atomic E-state index is 10.6. The van der Waals surface area contributed by atoms with Gasteiger partial charge in [0, 0.05) is 6.42 Å². The van der Waals surface area contributed by atoms with Crippen LogP contribution >= 0.6 is 0 Å². The molecule has 0 fully saturated rings. The van der Waals surface area contributed by atoms with Gasteiger partial charge in [0.05, 0.1) is 5.92 Å². The third-order valence-corrected chi connectivity index (χ3v) is 1.86. The molecule has 0 aliphatic carbocycles. The summed E-state index contributed by atoms with van der Waals surface area (Å²) >= 11 is 0. The van der Waals surface area contributed by atoms with Crippen LogP contribution in [0.4, 0.5) is 0 Å². The number of hydrogen-bond acceptors (Lipinski definition) is 1. The number of unbranched alkanes of at least 4 members (excludes halogenated alkanes) is 1. The molecule has 1 atom stereocenters. The van der Waals surface area contributed by atoms with Gasteiger partial charge >= 0.3 is 5.97 Å². The van der Waals surface area contributed by atoms with Gasteiger partial charge in [-0.25, -0.2) is 0 Å². The number of aliphatic carboxylic acids is 1. The molecule has 0 aromatic carbocycles. The van der Waals surface area contributed by atoms with Crippen LogP contribution in [-0.2, 0) is 4.79 Å². The fraction of sp³-hybridized carbons (Fsp3) is 0.700. The van der Waals surface area contributed by atoms with Gasteiger partial charge in [0.2, 0.25) is 0 Å². The number of carboxylic acid groups (broad SMARTS) is 1. The van der Waals surface area contributed by atoms with Crippen LogP contribution in [0.1, 0.15) is 39.0 Å². The molecule has 0 aromatic heterocycles. The van der Waals surface area contributed by atoms with E-state index in [0.717, 1.165) is 19.3 Å². The third kappa shape index (κ3) is 4.79. The molecule has 2 heteroatoms. The van der Waals surface area contributed by atoms with Gasteiger partial charge in [-0.05, 0) is 19.3 Å². The minimum atomic E-state index is -0.686. The van der Waals surface area contributed by atoms with Crippen LogP contribution in [0.25, 0.3) is 0 Å². The molecule has 0 rings (SSSR count). The average molecular weight is 168 g/mol. The SMILES string of the molecule is C#CCCCC(CCC)C(=O)O. The Hall–Kier alpha value is -0.970. The first kappa shape index (κ1) is 11.0. The second-order valence-corrected chi connectivity index (χ2v) is 2.92. The van der Waals surface area contributed by atoms with E-state index in [9.17, 15) is 4.79 Å². The van der Waals surface area contributed by atoms with Crippen molar-refractivity contribution in [3.05, 3.63) is 0 Å². The molecule has 0 heterocycles. The van der Waals surface area contributed by atoms with Crippen molar-refractivity contribution in [1.82, 2.24) is 0 Å². The molecular weight excluding hydrogens is 152 g/mol. The predicted octanol–water partition coefficient (Wildman–Crippen LogP) is 2.29. The fourth-order valence-electron chi connectivity index (χ4n) is 1.19. The van der Waals surface area contributed by atoms with E-state index in [1.165, 1.54) is 0 Å². The number of rotatable bonds is 6. The van der Waals surface area contributed by atoms with E-state index in [0.29, 0.717) is 12.8 Å². The predicted molar refractivity (Wildman–Crippen MR) is 48.7 cm³/mol. The summed E-state index contributed by atoms with van der Waals surface area (Å²) in [6, 6.07) is 0. The number of terminal acetylenes is 1. The second-order valence-electron chi connectivity index (χ2n) is 2.92. The standard InChI is InChI=1S/C10H16O2/c1-3-5-6-8-9(7-4-2)10(11)12/h1,9H,4-8H2,2H3,(H,11,12). The zero-order chi connectivity index (χ0) is 9.40. The third-order valence-electron chi connectivity index (χ3n) is 1.86. The number of hydrogen-bond donors (Lipinski definition) is 1. The summed E-state index contributed by atoms with van der Waals surface area (Å²) in [5.41, 5.74) is 0. The molecule has 0 saturated carbocycles. The van der Waals surface area contributed by atoms with E-state index in [2.05, 4.69) is 5.92 Å². The molecule has 12 heavy (non-hydrogen) atoms. The molecule has 0 amide bonds. The highest BCUT2D eigenvalue weighted by Crippen LogP contribution is 2.14. The summed E-state index contributed by atoms with van der Waals surface area (Å²) in [5, 5.41) is 8.75. The number of carboxylic acids is 1. The van der Waals surface area contributed by atoms with Crippen molar-refractivity contribution in [3.8, 4) is 12.3 Å². The van der Waals surface area contributed by atoms with Gasteiger partial charge in [-0.2, -0.15) is 0 Å². The topological polar surface area (TPSA) is 37.3 Å². The van der Waals surface area contributed by atoms with E-state index < -0.39 is 5.97 Å². The van der Waals surface area contributed by atoms with Crippen LogP contribution in [-0.4, -0.2) is 11.1 Å². The van der Waals surface area contributed by atoms with Crippen molar-refractivity contribution >= 4 is 5.97 Å². The Morgan fingerprint density at radius 1 is 1.58 bits per heavy atom. The first-order chi connectivity index (χ1) is 5.72. The molecule has 0 bridgehead atoms. The van der Waals surface area contributed by atoms with E-state index in [1.807, 2.05) is 6.92 Å². The maximum Gasteiger partial charge on any atom is 0.306 e. The summed E-state index contributed by atoms with van der Waals surface area (Å²) in [4.78, 5) is 10.6. The lowest BCUT2D eigenvalue weighted by molar-refractivity contribution is -0.142. The summed E-state index contributed by atoms with van der Waals surface area (Å²) in [7, 11) is 0. The molecule has 0 radical (unpaired) electrons. The summed E-state index contributed by atoms with van der Waals surface area (Å²) in [5.74, 6) is 1.63. The smallest absolute Gasteiger partial charge is 0.306 e. The first-order valence-corrected chi connectivity index (χ1v) is 4.38. The molecule has 2 nitrogen and oxygen atoms in total. The molecule has 0 aromatic rings. The Morgan fingerprint density at radius 2 is 2.25 bits per heavy atom. The molecule has 0 aliphatic heterocycles. The van der Waals surface area contributed by atoms with Crippen molar-refractivity contribution < 1.29 is 9.90 Å². The highest BCUT2D eigenvalue weighted by molar-refractivity contribution is 5.69. The fourth-order valence-corrected chi connectivity index (χ4v) is 1.19. The van der Waals surface area contributed by atoms with Crippen LogP contribution in [0.15, 0.2) is 0 Å². The Kier molecular flexibility index (Phi) is 6.18. The Morgan fingerprint density at radius 3 is 2.67 bits per heavy atom. The van der Waals surface area contributed by atoms with E-state index in [-0.39, 0.29) is 5.92 Å². The monoisotopic (exact) mass is 168 g/mol. The normalized spacial score (nSPS) is 12.0. The van der Waals surface area contributed by atoms with E-state index in [4.69, 9.17) is 11.5 Å². The van der Waals surface area contributed by atoms with Gasteiger partial charge in [0.15, 0.2) is 0 Å². The Bertz CT molecular complexity index is 167. The van der Waals surface area contributed by atoms with Crippen molar-refractivity contribution in [2.75, 3.05) is 0 Å². The van der Waals surface area contributed by atoms with E-state index >= 15 is 0 Å². The van der Waals surface area contributed by atoms with Crippen LogP contribution in [0.5, 0.6) is 0 Å². The molecule has 1 N–H and O–H groups in total. The lowest BCUT2D eigenvalue weighted by atomic mass is 9.97. The maximum atomic E-state index is 10.6. The lowest BCUT2D eigenvalue weighted by Gasteiger charge is -2.08. The minimum absolute atomic E-state index is 0.191. The number of carbonyl (C=O) groups is 1. The molecule has 0 spiro atoms.